The monoisotopic (exact) mass is 315 g/mol. The van der Waals surface area contributed by atoms with Gasteiger partial charge in [0.15, 0.2) is 0 Å². The van der Waals surface area contributed by atoms with E-state index >= 15 is 0 Å². The number of carbonyl (C=O) groups excluding carboxylic acids is 1. The highest BCUT2D eigenvalue weighted by Gasteiger charge is 2.20. The number of nitrogens with one attached hydrogen (secondary N) is 2. The van der Waals surface area contributed by atoms with Gasteiger partial charge in [-0.1, -0.05) is 20.8 Å². The minimum absolute atomic E-state index is 0.0148. The van der Waals surface area contributed by atoms with Crippen LogP contribution in [-0.4, -0.2) is 17.4 Å². The van der Waals surface area contributed by atoms with Crippen LogP contribution in [0, 0.1) is 0 Å². The number of aromatic nitrogens is 1. The SMILES string of the molecule is CC(C)(C)c1cncc(NC(=O)c2csc3c2CCNC3)c1. The lowest BCUT2D eigenvalue weighted by Crippen LogP contribution is -2.24. The van der Waals surface area contributed by atoms with E-state index in [0.29, 0.717) is 0 Å². The van der Waals surface area contributed by atoms with Crippen molar-refractivity contribution in [3.63, 3.8) is 0 Å². The quantitative estimate of drug-likeness (QED) is 0.893. The lowest BCUT2D eigenvalue weighted by Gasteiger charge is -2.19. The second kappa shape index (κ2) is 5.82. The highest BCUT2D eigenvalue weighted by Crippen LogP contribution is 2.27. The highest BCUT2D eigenvalue weighted by atomic mass is 32.1. The van der Waals surface area contributed by atoms with Crippen LogP contribution in [0.4, 0.5) is 5.69 Å². The molecule has 2 aromatic heterocycles. The van der Waals surface area contributed by atoms with Gasteiger partial charge in [0, 0.05) is 23.0 Å². The average Bonchev–Trinajstić information content (AvgIpc) is 2.90. The van der Waals surface area contributed by atoms with E-state index in [2.05, 4.69) is 36.4 Å². The fourth-order valence-electron chi connectivity index (χ4n) is 2.57. The lowest BCUT2D eigenvalue weighted by molar-refractivity contribution is 0.102. The Hall–Kier alpha value is -1.72. The van der Waals surface area contributed by atoms with Gasteiger partial charge in [-0.05, 0) is 35.6 Å². The van der Waals surface area contributed by atoms with E-state index in [1.807, 2.05) is 17.6 Å². The van der Waals surface area contributed by atoms with Gasteiger partial charge in [-0.15, -0.1) is 11.3 Å². The van der Waals surface area contributed by atoms with Crippen LogP contribution < -0.4 is 10.6 Å². The molecule has 0 aromatic carbocycles. The minimum atomic E-state index is -0.0349. The molecule has 2 aromatic rings. The largest absolute Gasteiger partial charge is 0.321 e. The van der Waals surface area contributed by atoms with Crippen LogP contribution in [0.15, 0.2) is 23.8 Å². The minimum Gasteiger partial charge on any atom is -0.321 e. The van der Waals surface area contributed by atoms with Crippen molar-refractivity contribution in [3.05, 3.63) is 45.4 Å². The zero-order chi connectivity index (χ0) is 15.7. The molecule has 0 radical (unpaired) electrons. The number of anilines is 1. The first-order chi connectivity index (χ1) is 10.4. The molecule has 3 heterocycles. The Morgan fingerprint density at radius 2 is 2.18 bits per heavy atom. The standard InChI is InChI=1S/C17H21N3OS/c1-17(2,3)11-6-12(8-19-7-11)20-16(21)14-10-22-15-9-18-5-4-13(14)15/h6-8,10,18H,4-5,9H2,1-3H3,(H,20,21). The molecule has 0 bridgehead atoms. The Kier molecular flexibility index (Phi) is 4.02. The number of nitrogens with zero attached hydrogens (tertiary/aromatic N) is 1. The number of amides is 1. The zero-order valence-corrected chi connectivity index (χ0v) is 14.0. The van der Waals surface area contributed by atoms with Gasteiger partial charge in [0.2, 0.25) is 0 Å². The van der Waals surface area contributed by atoms with Crippen LogP contribution in [0.25, 0.3) is 0 Å². The first kappa shape index (κ1) is 15.2. The molecule has 4 nitrogen and oxygen atoms in total. The second-order valence-electron chi connectivity index (χ2n) is 6.64. The molecule has 22 heavy (non-hydrogen) atoms. The first-order valence-electron chi connectivity index (χ1n) is 7.52. The van der Waals surface area contributed by atoms with E-state index in [9.17, 15) is 4.79 Å². The second-order valence-corrected chi connectivity index (χ2v) is 7.61. The smallest absolute Gasteiger partial charge is 0.256 e. The van der Waals surface area contributed by atoms with Gasteiger partial charge in [0.1, 0.15) is 0 Å². The normalized spacial score (nSPS) is 14.5. The van der Waals surface area contributed by atoms with E-state index in [0.717, 1.165) is 36.3 Å². The van der Waals surface area contributed by atoms with Crippen LogP contribution >= 0.6 is 11.3 Å². The number of hydrogen-bond donors (Lipinski definition) is 2. The van der Waals surface area contributed by atoms with E-state index < -0.39 is 0 Å². The summed E-state index contributed by atoms with van der Waals surface area (Å²) in [5, 5.41) is 8.29. The third kappa shape index (κ3) is 3.05. The van der Waals surface area contributed by atoms with Crippen molar-refractivity contribution in [2.75, 3.05) is 11.9 Å². The van der Waals surface area contributed by atoms with E-state index in [1.54, 1.807) is 17.5 Å². The van der Waals surface area contributed by atoms with Gasteiger partial charge >= 0.3 is 0 Å². The summed E-state index contributed by atoms with van der Waals surface area (Å²) in [4.78, 5) is 18.1. The van der Waals surface area contributed by atoms with Crippen LogP contribution in [0.3, 0.4) is 0 Å². The van der Waals surface area contributed by atoms with Gasteiger partial charge in [-0.2, -0.15) is 0 Å². The van der Waals surface area contributed by atoms with E-state index in [1.165, 1.54) is 10.4 Å². The fourth-order valence-corrected chi connectivity index (χ4v) is 3.62. The van der Waals surface area contributed by atoms with Crippen molar-refractivity contribution < 1.29 is 4.79 Å². The number of fused-ring (bicyclic) bond motifs is 1. The van der Waals surface area contributed by atoms with Gasteiger partial charge in [-0.25, -0.2) is 0 Å². The summed E-state index contributed by atoms with van der Waals surface area (Å²) in [5.74, 6) is -0.0349. The van der Waals surface area contributed by atoms with E-state index in [4.69, 9.17) is 0 Å². The Morgan fingerprint density at radius 1 is 1.36 bits per heavy atom. The van der Waals surface area contributed by atoms with Crippen molar-refractivity contribution in [2.45, 2.75) is 39.2 Å². The molecule has 0 saturated carbocycles. The summed E-state index contributed by atoms with van der Waals surface area (Å²) >= 11 is 1.66. The summed E-state index contributed by atoms with van der Waals surface area (Å²) in [5.41, 5.74) is 3.89. The summed E-state index contributed by atoms with van der Waals surface area (Å²) in [6.07, 6.45) is 4.48. The molecule has 0 saturated heterocycles. The van der Waals surface area contributed by atoms with Gasteiger partial charge < -0.3 is 10.6 Å². The summed E-state index contributed by atoms with van der Waals surface area (Å²) < 4.78 is 0. The summed E-state index contributed by atoms with van der Waals surface area (Å²) in [6.45, 7) is 8.22. The van der Waals surface area contributed by atoms with Crippen LogP contribution in [0.1, 0.15) is 47.1 Å². The molecule has 1 aliphatic rings. The van der Waals surface area contributed by atoms with Crippen molar-refractivity contribution >= 4 is 22.9 Å². The van der Waals surface area contributed by atoms with Crippen molar-refractivity contribution in [3.8, 4) is 0 Å². The fraction of sp³-hybridized carbons (Fsp3) is 0.412. The summed E-state index contributed by atoms with van der Waals surface area (Å²) in [7, 11) is 0. The molecule has 0 unspecified atom stereocenters. The maximum Gasteiger partial charge on any atom is 0.256 e. The van der Waals surface area contributed by atoms with E-state index in [-0.39, 0.29) is 11.3 Å². The molecule has 1 aliphatic heterocycles. The van der Waals surface area contributed by atoms with Crippen LogP contribution in [-0.2, 0) is 18.4 Å². The Morgan fingerprint density at radius 3 is 2.95 bits per heavy atom. The topological polar surface area (TPSA) is 54.0 Å². The number of rotatable bonds is 2. The predicted octanol–water partition coefficient (Wildman–Crippen LogP) is 3.34. The molecular formula is C17H21N3OS. The molecule has 0 aliphatic carbocycles. The van der Waals surface area contributed by atoms with Crippen LogP contribution in [0.2, 0.25) is 0 Å². The van der Waals surface area contributed by atoms with Gasteiger partial charge in [0.05, 0.1) is 17.4 Å². The van der Waals surface area contributed by atoms with Crippen molar-refractivity contribution in [1.82, 2.24) is 10.3 Å². The molecule has 0 fully saturated rings. The van der Waals surface area contributed by atoms with Gasteiger partial charge in [-0.3, -0.25) is 9.78 Å². The number of carbonyl (C=O) groups is 1. The molecule has 0 atom stereocenters. The summed E-state index contributed by atoms with van der Waals surface area (Å²) in [6, 6.07) is 2.01. The first-order valence-corrected chi connectivity index (χ1v) is 8.40. The maximum atomic E-state index is 12.6. The number of hydrogen-bond acceptors (Lipinski definition) is 4. The number of thiophene rings is 1. The highest BCUT2D eigenvalue weighted by molar-refractivity contribution is 7.10. The lowest BCUT2D eigenvalue weighted by atomic mass is 9.88. The molecule has 5 heteroatoms. The average molecular weight is 315 g/mol. The molecular weight excluding hydrogens is 294 g/mol. The predicted molar refractivity (Wildman–Crippen MR) is 90.6 cm³/mol. The molecule has 0 spiro atoms. The van der Waals surface area contributed by atoms with Crippen molar-refractivity contribution in [1.29, 1.82) is 0 Å². The zero-order valence-electron chi connectivity index (χ0n) is 13.2. The maximum absolute atomic E-state index is 12.6. The Bertz CT molecular complexity index is 700. The van der Waals surface area contributed by atoms with Crippen LogP contribution in [0.5, 0.6) is 0 Å². The van der Waals surface area contributed by atoms with Gasteiger partial charge in [0.25, 0.3) is 5.91 Å². The third-order valence-corrected chi connectivity index (χ3v) is 4.95. The molecule has 1 amide bonds. The molecule has 2 N–H and O–H groups in total. The Labute approximate surface area is 135 Å². The van der Waals surface area contributed by atoms with Crippen molar-refractivity contribution in [2.24, 2.45) is 0 Å². The molecule has 3 rings (SSSR count). The Balaban J connectivity index is 1.82. The molecule has 116 valence electrons. The number of pyridine rings is 1. The third-order valence-electron chi connectivity index (χ3n) is 3.92.